The highest BCUT2D eigenvalue weighted by molar-refractivity contribution is 6.79. The molecule has 0 saturated heterocycles. The molecule has 1 unspecified atom stereocenters. The van der Waals surface area contributed by atoms with Gasteiger partial charge in [0.1, 0.15) is 5.82 Å². The third-order valence-electron chi connectivity index (χ3n) is 5.40. The molecule has 31 heavy (non-hydrogen) atoms. The van der Waals surface area contributed by atoms with E-state index >= 15 is 0 Å². The predicted octanol–water partition coefficient (Wildman–Crippen LogP) is 4.27. The van der Waals surface area contributed by atoms with Crippen LogP contribution in [-0.2, 0) is 14.4 Å². The van der Waals surface area contributed by atoms with Crippen LogP contribution in [0.3, 0.4) is 0 Å². The van der Waals surface area contributed by atoms with Crippen LogP contribution in [0.25, 0.3) is 0 Å². The Labute approximate surface area is 179 Å². The molecule has 0 radical (unpaired) electrons. The molecule has 1 aliphatic rings. The van der Waals surface area contributed by atoms with Crippen molar-refractivity contribution in [1.82, 2.24) is 0 Å². The normalized spacial score (nSPS) is 14.8. The number of nitrogens with one attached hydrogen (secondary N) is 1. The van der Waals surface area contributed by atoms with E-state index in [0.717, 1.165) is 11.4 Å². The third kappa shape index (κ3) is 4.23. The van der Waals surface area contributed by atoms with Crippen LogP contribution < -0.4 is 10.2 Å². The molecule has 1 atom stereocenters. The van der Waals surface area contributed by atoms with Crippen molar-refractivity contribution in [3.63, 3.8) is 0 Å². The number of carbonyl (C=O) groups is 3. The highest BCUT2D eigenvalue weighted by atomic mass is 19.1. The van der Waals surface area contributed by atoms with Crippen LogP contribution in [-0.4, -0.2) is 29.9 Å². The lowest BCUT2D eigenvalue weighted by atomic mass is 9.87. The molecule has 156 valence electrons. The molecular weight excluding hydrogens is 395 g/mol. The Morgan fingerprint density at radius 1 is 0.871 bits per heavy atom. The second kappa shape index (κ2) is 8.52. The average Bonchev–Trinajstić information content (AvgIpc) is 2.81. The monoisotopic (exact) mass is 416 g/mol. The number of carbonyl (C=O) groups excluding carboxylic acids is 3. The maximum Gasteiger partial charge on any atom is 0.269 e. The molecule has 6 heteroatoms. The standard InChI is InChI=1S/C25H21FN2O3/c1-16(17-6-3-2-4-7-17)15-28(20-12-10-18(26)11-13-20)21-9-5-8-19(14-21)27-22-23(29)25(31)24(22)30/h2-14,16,22,27H,15H2,1H3. The van der Waals surface area contributed by atoms with Crippen LogP contribution in [0.15, 0.2) is 78.9 Å². The molecule has 1 N–H and O–H groups in total. The Morgan fingerprint density at radius 2 is 1.55 bits per heavy atom. The molecule has 0 aromatic heterocycles. The smallest absolute Gasteiger partial charge is 0.269 e. The largest absolute Gasteiger partial charge is 0.368 e. The van der Waals surface area contributed by atoms with Gasteiger partial charge in [-0.15, -0.1) is 0 Å². The lowest BCUT2D eigenvalue weighted by Crippen LogP contribution is -2.57. The van der Waals surface area contributed by atoms with E-state index in [9.17, 15) is 18.8 Å². The molecule has 3 aromatic carbocycles. The fraction of sp³-hybridized carbons (Fsp3) is 0.160. The van der Waals surface area contributed by atoms with E-state index in [2.05, 4.69) is 29.3 Å². The van der Waals surface area contributed by atoms with Crippen molar-refractivity contribution >= 4 is 34.4 Å². The molecule has 3 aromatic rings. The van der Waals surface area contributed by atoms with Crippen LogP contribution in [0.2, 0.25) is 0 Å². The van der Waals surface area contributed by atoms with Gasteiger partial charge in [-0.1, -0.05) is 43.3 Å². The molecule has 5 nitrogen and oxygen atoms in total. The van der Waals surface area contributed by atoms with Gasteiger partial charge in [-0.05, 0) is 53.9 Å². The number of halogens is 1. The first-order valence-electron chi connectivity index (χ1n) is 10.0. The lowest BCUT2D eigenvalue weighted by Gasteiger charge is -2.29. The number of ketones is 3. The van der Waals surface area contributed by atoms with Crippen molar-refractivity contribution in [1.29, 1.82) is 0 Å². The second-order valence-electron chi connectivity index (χ2n) is 7.58. The van der Waals surface area contributed by atoms with Gasteiger partial charge in [0.15, 0.2) is 6.04 Å². The molecule has 0 spiro atoms. The van der Waals surface area contributed by atoms with Crippen LogP contribution in [0.4, 0.5) is 21.5 Å². The molecule has 0 bridgehead atoms. The Kier molecular flexibility index (Phi) is 5.62. The Hall–Kier alpha value is -3.80. The minimum atomic E-state index is -1.12. The highest BCUT2D eigenvalue weighted by Gasteiger charge is 2.48. The van der Waals surface area contributed by atoms with E-state index in [1.54, 1.807) is 24.3 Å². The molecule has 1 fully saturated rings. The summed E-state index contributed by atoms with van der Waals surface area (Å²) in [6, 6.07) is 22.5. The fourth-order valence-corrected chi connectivity index (χ4v) is 3.63. The molecular formula is C25H21FN2O3. The summed E-state index contributed by atoms with van der Waals surface area (Å²) in [7, 11) is 0. The summed E-state index contributed by atoms with van der Waals surface area (Å²) in [4.78, 5) is 36.6. The van der Waals surface area contributed by atoms with E-state index in [4.69, 9.17) is 0 Å². The third-order valence-corrected chi connectivity index (χ3v) is 5.40. The SMILES string of the molecule is CC(CN(c1ccc(F)cc1)c1cccc(NC2C(=O)C(=O)C2=O)c1)c1ccccc1. The summed E-state index contributed by atoms with van der Waals surface area (Å²) in [5.41, 5.74) is 3.35. The number of benzene rings is 3. The van der Waals surface area contributed by atoms with Gasteiger partial charge in [0.05, 0.1) is 0 Å². The van der Waals surface area contributed by atoms with Gasteiger partial charge in [0, 0.05) is 23.6 Å². The summed E-state index contributed by atoms with van der Waals surface area (Å²) in [5, 5.41) is 2.84. The van der Waals surface area contributed by atoms with E-state index in [-0.39, 0.29) is 11.7 Å². The number of anilines is 3. The average molecular weight is 416 g/mol. The van der Waals surface area contributed by atoms with Gasteiger partial charge >= 0.3 is 0 Å². The number of hydrogen-bond donors (Lipinski definition) is 1. The quantitative estimate of drug-likeness (QED) is 0.460. The van der Waals surface area contributed by atoms with Crippen molar-refractivity contribution in [3.8, 4) is 0 Å². The topological polar surface area (TPSA) is 66.5 Å². The van der Waals surface area contributed by atoms with Gasteiger partial charge in [-0.2, -0.15) is 0 Å². The molecule has 0 amide bonds. The summed E-state index contributed by atoms with van der Waals surface area (Å²) in [5.74, 6) is -2.54. The van der Waals surface area contributed by atoms with E-state index in [0.29, 0.717) is 12.2 Å². The first-order valence-corrected chi connectivity index (χ1v) is 10.0. The van der Waals surface area contributed by atoms with Gasteiger partial charge in [0.2, 0.25) is 11.6 Å². The van der Waals surface area contributed by atoms with E-state index in [1.165, 1.54) is 17.7 Å². The first-order chi connectivity index (χ1) is 14.9. The van der Waals surface area contributed by atoms with E-state index in [1.807, 2.05) is 30.3 Å². The van der Waals surface area contributed by atoms with Crippen molar-refractivity contribution in [3.05, 3.63) is 90.2 Å². The Morgan fingerprint density at radius 3 is 2.23 bits per heavy atom. The van der Waals surface area contributed by atoms with E-state index < -0.39 is 23.4 Å². The minimum absolute atomic E-state index is 0.176. The minimum Gasteiger partial charge on any atom is -0.368 e. The van der Waals surface area contributed by atoms with Crippen LogP contribution in [0.1, 0.15) is 18.4 Å². The maximum atomic E-state index is 13.5. The molecule has 0 heterocycles. The summed E-state index contributed by atoms with van der Waals surface area (Å²) < 4.78 is 13.5. The predicted molar refractivity (Wildman–Crippen MR) is 117 cm³/mol. The summed E-state index contributed by atoms with van der Waals surface area (Å²) >= 11 is 0. The number of rotatable bonds is 7. The van der Waals surface area contributed by atoms with Gasteiger partial charge in [-0.3, -0.25) is 14.4 Å². The van der Waals surface area contributed by atoms with Gasteiger partial charge in [0.25, 0.3) is 5.78 Å². The number of Topliss-reactive ketones (excluding diaryl/α,β-unsaturated/α-hetero) is 3. The lowest BCUT2D eigenvalue weighted by molar-refractivity contribution is -0.152. The van der Waals surface area contributed by atoms with Crippen molar-refractivity contribution < 1.29 is 18.8 Å². The molecule has 0 aliphatic heterocycles. The van der Waals surface area contributed by atoms with Crippen LogP contribution in [0, 0.1) is 5.82 Å². The Bertz CT molecular complexity index is 1110. The molecule has 4 rings (SSSR count). The summed E-state index contributed by atoms with van der Waals surface area (Å²) in [6.45, 7) is 2.74. The molecule has 1 saturated carbocycles. The summed E-state index contributed by atoms with van der Waals surface area (Å²) in [6.07, 6.45) is 0. The van der Waals surface area contributed by atoms with Crippen molar-refractivity contribution in [2.45, 2.75) is 18.9 Å². The Balaban J connectivity index is 1.63. The number of nitrogens with zero attached hydrogens (tertiary/aromatic N) is 1. The zero-order chi connectivity index (χ0) is 22.0. The van der Waals surface area contributed by atoms with Gasteiger partial charge < -0.3 is 10.2 Å². The van der Waals surface area contributed by atoms with Crippen molar-refractivity contribution in [2.75, 3.05) is 16.8 Å². The number of hydrogen-bond acceptors (Lipinski definition) is 5. The zero-order valence-electron chi connectivity index (χ0n) is 16.9. The van der Waals surface area contributed by atoms with Crippen LogP contribution in [0.5, 0.6) is 0 Å². The molecule has 1 aliphatic carbocycles. The van der Waals surface area contributed by atoms with Crippen molar-refractivity contribution in [2.24, 2.45) is 0 Å². The second-order valence-corrected chi connectivity index (χ2v) is 7.58. The zero-order valence-corrected chi connectivity index (χ0v) is 16.9. The maximum absolute atomic E-state index is 13.5. The van der Waals surface area contributed by atoms with Gasteiger partial charge in [-0.25, -0.2) is 4.39 Å². The fourth-order valence-electron chi connectivity index (χ4n) is 3.63. The highest BCUT2D eigenvalue weighted by Crippen LogP contribution is 2.31. The first kappa shape index (κ1) is 20.5. The van der Waals surface area contributed by atoms with Crippen LogP contribution >= 0.6 is 0 Å².